The molecule has 2 aromatic rings. The summed E-state index contributed by atoms with van der Waals surface area (Å²) in [5, 5.41) is 20.0. The number of aromatic nitrogens is 1. The predicted molar refractivity (Wildman–Crippen MR) is 109 cm³/mol. The molecule has 2 fully saturated rings. The minimum absolute atomic E-state index is 0.331. The van der Waals surface area contributed by atoms with Crippen LogP contribution in [0.25, 0.3) is 0 Å². The molecule has 9 heteroatoms. The number of hydrogen-bond acceptors (Lipinski definition) is 6. The van der Waals surface area contributed by atoms with E-state index < -0.39 is 6.09 Å². The van der Waals surface area contributed by atoms with Crippen molar-refractivity contribution in [2.24, 2.45) is 0 Å². The van der Waals surface area contributed by atoms with Crippen molar-refractivity contribution in [3.05, 3.63) is 40.9 Å². The van der Waals surface area contributed by atoms with Gasteiger partial charge in [-0.3, -0.25) is 4.90 Å². The van der Waals surface area contributed by atoms with E-state index in [9.17, 15) is 15.0 Å². The van der Waals surface area contributed by atoms with Crippen LogP contribution in [0.15, 0.2) is 30.3 Å². The normalized spacial score (nSPS) is 17.7. The third-order valence-corrected chi connectivity index (χ3v) is 5.87. The highest BCUT2D eigenvalue weighted by Crippen LogP contribution is 2.31. The van der Waals surface area contributed by atoms with Crippen molar-refractivity contribution in [1.82, 2.24) is 14.5 Å². The molecule has 156 valence electrons. The first-order valence-corrected chi connectivity index (χ1v) is 10.2. The molecule has 0 saturated carbocycles. The number of halogens is 1. The van der Waals surface area contributed by atoms with Crippen molar-refractivity contribution < 1.29 is 19.8 Å². The van der Waals surface area contributed by atoms with Gasteiger partial charge in [-0.25, -0.2) is 4.79 Å². The molecule has 0 aliphatic carbocycles. The molecule has 29 heavy (non-hydrogen) atoms. The van der Waals surface area contributed by atoms with Gasteiger partial charge in [-0.05, 0) is 25.0 Å². The minimum atomic E-state index is -0.609. The van der Waals surface area contributed by atoms with Crippen LogP contribution in [0.5, 0.6) is 11.8 Å². The van der Waals surface area contributed by atoms with Crippen LogP contribution < -0.4 is 9.74 Å². The number of amides is 1. The molecule has 3 heterocycles. The Labute approximate surface area is 174 Å². The monoisotopic (exact) mass is 420 g/mol. The molecule has 1 aromatic heterocycles. The zero-order chi connectivity index (χ0) is 20.4. The quantitative estimate of drug-likeness (QED) is 0.791. The maximum Gasteiger partial charge on any atom is 0.434 e. The maximum absolute atomic E-state index is 12.3. The lowest BCUT2D eigenvalue weighted by Crippen LogP contribution is -2.50. The highest BCUT2D eigenvalue weighted by Gasteiger charge is 2.26. The second-order valence-electron chi connectivity index (χ2n) is 7.40. The first-order valence-electron chi connectivity index (χ1n) is 9.84. The van der Waals surface area contributed by atoms with Crippen molar-refractivity contribution in [3.8, 4) is 11.8 Å². The van der Waals surface area contributed by atoms with Crippen molar-refractivity contribution in [2.45, 2.75) is 19.4 Å². The molecular formula is C20H25ClN4O4. The fourth-order valence-corrected chi connectivity index (χ4v) is 4.13. The van der Waals surface area contributed by atoms with Crippen LogP contribution in [0.1, 0.15) is 18.4 Å². The fraction of sp³-hybridized carbons (Fsp3) is 0.450. The van der Waals surface area contributed by atoms with Gasteiger partial charge in [0, 0.05) is 74.2 Å². The molecule has 4 rings (SSSR count). The van der Waals surface area contributed by atoms with E-state index in [0.29, 0.717) is 30.9 Å². The van der Waals surface area contributed by atoms with E-state index in [0.717, 1.165) is 30.2 Å². The van der Waals surface area contributed by atoms with Gasteiger partial charge in [0.2, 0.25) is 11.8 Å². The van der Waals surface area contributed by atoms with Crippen molar-refractivity contribution in [1.29, 1.82) is 0 Å². The number of benzene rings is 1. The Morgan fingerprint density at radius 1 is 0.966 bits per heavy atom. The van der Waals surface area contributed by atoms with E-state index >= 15 is 0 Å². The van der Waals surface area contributed by atoms with Crippen LogP contribution in [0.2, 0.25) is 5.02 Å². The highest BCUT2D eigenvalue weighted by molar-refractivity contribution is 6.31. The highest BCUT2D eigenvalue weighted by atomic mass is 35.5. The van der Waals surface area contributed by atoms with E-state index in [2.05, 4.69) is 15.9 Å². The van der Waals surface area contributed by atoms with E-state index in [1.54, 1.807) is 4.90 Å². The lowest BCUT2D eigenvalue weighted by Gasteiger charge is -2.35. The minimum Gasteiger partial charge on any atom is -0.492 e. The second-order valence-corrected chi connectivity index (χ2v) is 7.80. The van der Waals surface area contributed by atoms with Crippen molar-refractivity contribution in [3.63, 3.8) is 0 Å². The first-order chi connectivity index (χ1) is 14.0. The Bertz CT molecular complexity index is 854. The molecule has 2 aliphatic heterocycles. The summed E-state index contributed by atoms with van der Waals surface area (Å²) in [5.41, 5.74) is 2.34. The van der Waals surface area contributed by atoms with Gasteiger partial charge in [-0.1, -0.05) is 17.7 Å². The topological polar surface area (TPSA) is 81.4 Å². The Hall–Kier alpha value is -2.58. The van der Waals surface area contributed by atoms with Gasteiger partial charge in [0.1, 0.15) is 0 Å². The summed E-state index contributed by atoms with van der Waals surface area (Å²) in [6, 6.07) is 8.57. The second kappa shape index (κ2) is 8.42. The van der Waals surface area contributed by atoms with Gasteiger partial charge in [0.05, 0.1) is 0 Å². The Morgan fingerprint density at radius 2 is 1.62 bits per heavy atom. The summed E-state index contributed by atoms with van der Waals surface area (Å²) in [4.78, 5) is 23.6. The van der Waals surface area contributed by atoms with Gasteiger partial charge in [0.25, 0.3) is 0 Å². The number of carbonyl (C=O) groups is 1. The van der Waals surface area contributed by atoms with Gasteiger partial charge < -0.3 is 24.9 Å². The number of anilines is 1. The summed E-state index contributed by atoms with van der Waals surface area (Å²) in [5.74, 6) is -0.662. The van der Waals surface area contributed by atoms with Crippen LogP contribution in [0.4, 0.5) is 10.5 Å². The van der Waals surface area contributed by atoms with E-state index in [4.69, 9.17) is 16.4 Å². The maximum atomic E-state index is 12.3. The van der Waals surface area contributed by atoms with Crippen LogP contribution in [0.3, 0.4) is 0 Å². The molecule has 0 radical (unpaired) electrons. The molecule has 1 amide bonds. The number of rotatable bonds is 4. The van der Waals surface area contributed by atoms with E-state index in [-0.39, 0.29) is 11.8 Å². The molecule has 2 saturated heterocycles. The van der Waals surface area contributed by atoms with Crippen LogP contribution in [-0.4, -0.2) is 70.1 Å². The average Bonchev–Trinajstić information content (AvgIpc) is 3.36. The smallest absolute Gasteiger partial charge is 0.434 e. The zero-order valence-corrected chi connectivity index (χ0v) is 16.9. The Morgan fingerprint density at radius 3 is 2.28 bits per heavy atom. The SMILES string of the molecule is O=C(On1c(O)ccc1O)N1CCN(Cc2c(Cl)cccc2N2CCCC2)CC1. The van der Waals surface area contributed by atoms with Gasteiger partial charge in [0.15, 0.2) is 0 Å². The van der Waals surface area contributed by atoms with E-state index in [1.165, 1.54) is 30.7 Å². The zero-order valence-electron chi connectivity index (χ0n) is 16.1. The van der Waals surface area contributed by atoms with Crippen LogP contribution >= 0.6 is 11.6 Å². The van der Waals surface area contributed by atoms with E-state index in [1.807, 2.05) is 12.1 Å². The van der Waals surface area contributed by atoms with Crippen molar-refractivity contribution >= 4 is 23.4 Å². The lowest BCUT2D eigenvalue weighted by molar-refractivity contribution is 0.0556. The van der Waals surface area contributed by atoms with Crippen molar-refractivity contribution in [2.75, 3.05) is 44.2 Å². The fourth-order valence-electron chi connectivity index (χ4n) is 3.90. The summed E-state index contributed by atoms with van der Waals surface area (Å²) in [6.45, 7) is 5.20. The summed E-state index contributed by atoms with van der Waals surface area (Å²) < 4.78 is 0.709. The Kier molecular flexibility index (Phi) is 5.73. The molecule has 0 unspecified atom stereocenters. The summed E-state index contributed by atoms with van der Waals surface area (Å²) >= 11 is 6.53. The first kappa shape index (κ1) is 19.7. The van der Waals surface area contributed by atoms with Gasteiger partial charge in [-0.2, -0.15) is 0 Å². The Balaban J connectivity index is 1.36. The summed E-state index contributed by atoms with van der Waals surface area (Å²) in [7, 11) is 0. The van der Waals surface area contributed by atoms with Crippen LogP contribution in [-0.2, 0) is 6.54 Å². The number of piperazine rings is 1. The van der Waals surface area contributed by atoms with Crippen LogP contribution in [0, 0.1) is 0 Å². The molecule has 2 N–H and O–H groups in total. The number of carbonyl (C=O) groups excluding carboxylic acids is 1. The average molecular weight is 421 g/mol. The van der Waals surface area contributed by atoms with Gasteiger partial charge in [-0.15, -0.1) is 4.73 Å². The molecule has 2 aliphatic rings. The molecular weight excluding hydrogens is 396 g/mol. The molecule has 0 spiro atoms. The third-order valence-electron chi connectivity index (χ3n) is 5.52. The standard InChI is InChI=1S/C20H25ClN4O4/c21-16-4-3-5-17(23-8-1-2-9-23)15(16)14-22-10-12-24(13-11-22)20(28)29-25-18(26)6-7-19(25)27/h3-7,26-27H,1-2,8-14H2. The number of aromatic hydroxyl groups is 2. The number of hydrogen-bond donors (Lipinski definition) is 2. The predicted octanol–water partition coefficient (Wildman–Crippen LogP) is 2.52. The lowest BCUT2D eigenvalue weighted by atomic mass is 10.1. The number of nitrogens with zero attached hydrogens (tertiary/aromatic N) is 4. The molecule has 1 aromatic carbocycles. The molecule has 8 nitrogen and oxygen atoms in total. The molecule has 0 atom stereocenters. The molecule has 0 bridgehead atoms. The third kappa shape index (κ3) is 4.23. The van der Waals surface area contributed by atoms with Gasteiger partial charge >= 0.3 is 6.09 Å². The largest absolute Gasteiger partial charge is 0.492 e. The summed E-state index contributed by atoms with van der Waals surface area (Å²) in [6.07, 6.45) is 1.81.